The Hall–Kier alpha value is -6.76. The quantitative estimate of drug-likeness (QED) is 0.108. The molecule has 4 N–H and O–H groups in total. The van der Waals surface area contributed by atoms with Gasteiger partial charge in [0.1, 0.15) is 41.4 Å². The number of unbranched alkanes of at least 4 members (excludes halogenated alkanes) is 1. The molecule has 1 unspecified atom stereocenters. The number of hydrogen-bond donors (Lipinski definition) is 3. The number of benzene rings is 1. The van der Waals surface area contributed by atoms with Gasteiger partial charge >= 0.3 is 0 Å². The molecule has 6 aromatic rings. The van der Waals surface area contributed by atoms with E-state index in [-0.39, 0.29) is 43.3 Å². The van der Waals surface area contributed by atoms with Gasteiger partial charge in [-0.2, -0.15) is 15.3 Å². The van der Waals surface area contributed by atoms with E-state index in [1.54, 1.807) is 29.3 Å². The summed E-state index contributed by atoms with van der Waals surface area (Å²) in [7, 11) is 0. The van der Waals surface area contributed by atoms with Gasteiger partial charge in [0.05, 0.1) is 29.4 Å². The first kappa shape index (κ1) is 47.3. The molecule has 2 saturated heterocycles. The summed E-state index contributed by atoms with van der Waals surface area (Å²) in [4.78, 5) is 53.2. The number of nitrogens with zero attached hydrogens (tertiary/aromatic N) is 12. The maximum Gasteiger partial charge on any atom is 0.254 e. The number of thiophene rings is 1. The Morgan fingerprint density at radius 2 is 1.94 bits per heavy atom. The molecule has 7 heterocycles. The van der Waals surface area contributed by atoms with E-state index < -0.39 is 23.5 Å². The number of fused-ring (bicyclic) bond motifs is 1. The number of carbonyl (C=O) groups is 2. The van der Waals surface area contributed by atoms with Gasteiger partial charge in [-0.05, 0) is 100 Å². The van der Waals surface area contributed by atoms with Crippen LogP contribution in [0.5, 0.6) is 5.88 Å². The van der Waals surface area contributed by atoms with Gasteiger partial charge in [0.2, 0.25) is 29.5 Å². The molecule has 9 rings (SSSR count). The van der Waals surface area contributed by atoms with E-state index in [9.17, 15) is 20.0 Å². The smallest absolute Gasteiger partial charge is 0.254 e. The number of nitrogen functional groups attached to an aromatic ring is 1. The Morgan fingerprint density at radius 1 is 1.10 bits per heavy atom. The Morgan fingerprint density at radius 3 is 2.72 bits per heavy atom. The lowest BCUT2D eigenvalue weighted by Gasteiger charge is -2.30. The minimum absolute atomic E-state index is 0.0437. The number of hydrogen-bond acceptors (Lipinski definition) is 18. The highest BCUT2D eigenvalue weighted by Crippen LogP contribution is 2.48. The average molecular weight is 959 g/mol. The van der Waals surface area contributed by atoms with Crippen LogP contribution in [0.25, 0.3) is 17.2 Å². The van der Waals surface area contributed by atoms with E-state index in [0.717, 1.165) is 86.4 Å². The molecule has 5 atom stereocenters. The number of ether oxygens (including phenoxy) is 1. The molecule has 0 bridgehead atoms. The van der Waals surface area contributed by atoms with Crippen molar-refractivity contribution in [1.82, 2.24) is 55.1 Å². The number of aryl methyl sites for hydroxylation is 1. The van der Waals surface area contributed by atoms with Gasteiger partial charge in [-0.25, -0.2) is 19.6 Å². The zero-order valence-electron chi connectivity index (χ0n) is 39.3. The molecule has 2 amide bonds. The Labute approximate surface area is 403 Å². The summed E-state index contributed by atoms with van der Waals surface area (Å²) < 4.78 is 19.2. The number of β-amino-alcohol motifs (C(OH)–C–C–N with tert-alkyl or cyclic N) is 1. The highest BCUT2D eigenvalue weighted by Gasteiger charge is 2.45. The zero-order valence-corrected chi connectivity index (χ0v) is 40.1. The van der Waals surface area contributed by atoms with E-state index in [2.05, 4.69) is 53.5 Å². The monoisotopic (exact) mass is 958 g/mol. The third kappa shape index (κ3) is 10.0. The lowest BCUT2D eigenvalue weighted by atomic mass is 9.72. The second-order valence-corrected chi connectivity index (χ2v) is 19.9. The van der Waals surface area contributed by atoms with Crippen LogP contribution in [0.2, 0.25) is 0 Å². The molecule has 0 saturated carbocycles. The maximum atomic E-state index is 14.1. The van der Waals surface area contributed by atoms with Crippen molar-refractivity contribution in [1.29, 1.82) is 5.26 Å². The van der Waals surface area contributed by atoms with E-state index in [4.69, 9.17) is 29.5 Å². The van der Waals surface area contributed by atoms with Crippen LogP contribution in [-0.2, 0) is 28.0 Å². The van der Waals surface area contributed by atoms with Gasteiger partial charge in [-0.3, -0.25) is 9.59 Å². The Balaban J connectivity index is 0.744. The van der Waals surface area contributed by atoms with E-state index in [1.807, 2.05) is 45.0 Å². The average Bonchev–Trinajstić information content (AvgIpc) is 4.21. The molecule has 2 fully saturated rings. The Kier molecular flexibility index (Phi) is 14.0. The molecule has 0 radical (unpaired) electrons. The highest BCUT2D eigenvalue weighted by atomic mass is 32.1. The highest BCUT2D eigenvalue weighted by molar-refractivity contribution is 7.16. The molecule has 1 aliphatic carbocycles. The summed E-state index contributed by atoms with van der Waals surface area (Å²) in [5.74, 6) is 0.534. The van der Waals surface area contributed by atoms with Crippen LogP contribution >= 0.6 is 11.3 Å². The second kappa shape index (κ2) is 20.5. The predicted octanol–water partition coefficient (Wildman–Crippen LogP) is 5.03. The van der Waals surface area contributed by atoms with Gasteiger partial charge in [-0.1, -0.05) is 31.1 Å². The number of nitrogens with two attached hydrogens (primary N) is 1. The van der Waals surface area contributed by atoms with Crippen LogP contribution in [0.1, 0.15) is 105 Å². The number of aromatic nitrogens is 8. The van der Waals surface area contributed by atoms with Crippen LogP contribution in [-0.4, -0.2) is 124 Å². The van der Waals surface area contributed by atoms with E-state index >= 15 is 0 Å². The van der Waals surface area contributed by atoms with Crippen LogP contribution in [0.15, 0.2) is 64.3 Å². The van der Waals surface area contributed by atoms with Crippen molar-refractivity contribution >= 4 is 34.1 Å². The molecule has 1 aromatic carbocycles. The number of nitrogens with one attached hydrogen (secondary N) is 1. The first-order valence-corrected chi connectivity index (χ1v) is 24.5. The van der Waals surface area contributed by atoms with Crippen molar-refractivity contribution in [3.63, 3.8) is 0 Å². The fourth-order valence-corrected chi connectivity index (χ4v) is 11.1. The third-order valence-electron chi connectivity index (χ3n) is 13.5. The van der Waals surface area contributed by atoms with E-state index in [0.29, 0.717) is 52.2 Å². The van der Waals surface area contributed by atoms with E-state index in [1.165, 1.54) is 22.6 Å². The first-order valence-electron chi connectivity index (χ1n) is 23.7. The van der Waals surface area contributed by atoms with Crippen LogP contribution < -0.4 is 20.7 Å². The number of anilines is 2. The fourth-order valence-electron chi connectivity index (χ4n) is 9.96. The summed E-state index contributed by atoms with van der Waals surface area (Å²) in [6.07, 6.45) is 9.31. The van der Waals surface area contributed by atoms with Crippen LogP contribution in [0, 0.1) is 17.2 Å². The summed E-state index contributed by atoms with van der Waals surface area (Å²) in [5, 5.41) is 36.6. The SMILES string of the molecule is CC(C)C(C(=O)N1C[C@H](O)C[C@H]1C(=O)NCc1ccc(-n2cncn2)cc1)c1cc(OCCCCN2CCCN(c3nccc(-c4noc([C@@]5(C)CCCc6sc(N)c(C#N)c65)n4)n3)[C@@H](C)C2)no1. The molecular weight excluding hydrogens is 901 g/mol. The number of likely N-dealkylation sites (tertiary alicyclic amines) is 1. The molecule has 362 valence electrons. The predicted molar refractivity (Wildman–Crippen MR) is 254 cm³/mol. The van der Waals surface area contributed by atoms with Gasteiger partial charge < -0.3 is 44.6 Å². The third-order valence-corrected chi connectivity index (χ3v) is 14.6. The number of aliphatic hydroxyl groups is 1. The fraction of sp³-hybridized carbons (Fsp3) is 0.500. The van der Waals surface area contributed by atoms with Crippen molar-refractivity contribution in [3.05, 3.63) is 88.5 Å². The molecule has 5 aromatic heterocycles. The lowest BCUT2D eigenvalue weighted by Crippen LogP contribution is -2.48. The number of amides is 2. The van der Waals surface area contributed by atoms with Gasteiger partial charge in [0.15, 0.2) is 5.76 Å². The Bertz CT molecular complexity index is 2770. The standard InChI is InChI=1S/C48H58N14O6S/c1-29(2)40(45(65)61-26-33(63)21-36(61)44(64)53-24-31-10-12-32(13-11-31)62-28-51-27-54-62)37-22-39(57-67-37)66-20-6-5-17-59-18-8-19-60(30(3)25-59)47-52-16-14-35(55-47)43-56-46(68-58-43)48(4)15-7-9-38-41(48)34(23-49)42(50)69-38/h10-14,16,22,27-30,33,36,40,63H,5-9,15,17-21,24-26,50H2,1-4H3,(H,53,64)/t30-,33+,36-,40?,48-/m0/s1. The molecule has 3 aliphatic rings. The van der Waals surface area contributed by atoms with Crippen molar-refractivity contribution in [2.45, 2.75) is 109 Å². The minimum Gasteiger partial charge on any atom is -0.476 e. The van der Waals surface area contributed by atoms with Crippen LogP contribution in [0.3, 0.4) is 0 Å². The molecule has 20 nitrogen and oxygen atoms in total. The second-order valence-electron chi connectivity index (χ2n) is 18.8. The van der Waals surface area contributed by atoms with Gasteiger partial charge in [0, 0.05) is 61.3 Å². The summed E-state index contributed by atoms with van der Waals surface area (Å²) in [6.45, 7) is 12.2. The zero-order chi connectivity index (χ0) is 48.2. The van der Waals surface area contributed by atoms with Crippen molar-refractivity contribution < 1.29 is 28.5 Å². The summed E-state index contributed by atoms with van der Waals surface area (Å²) in [5.41, 5.74) is 9.32. The first-order chi connectivity index (χ1) is 33.4. The van der Waals surface area contributed by atoms with Crippen molar-refractivity contribution in [2.75, 3.05) is 50.0 Å². The normalized spacial score (nSPS) is 21.2. The minimum atomic E-state index is -0.831. The largest absolute Gasteiger partial charge is 0.476 e. The van der Waals surface area contributed by atoms with Crippen molar-refractivity contribution in [2.24, 2.45) is 5.92 Å². The topological polar surface area (TPSA) is 257 Å². The molecular formula is C48H58N14O6S. The molecule has 0 spiro atoms. The van der Waals surface area contributed by atoms with Gasteiger partial charge in [0.25, 0.3) is 5.88 Å². The number of nitriles is 1. The molecule has 69 heavy (non-hydrogen) atoms. The summed E-state index contributed by atoms with van der Waals surface area (Å²) in [6, 6.07) is 12.6. The number of rotatable bonds is 16. The summed E-state index contributed by atoms with van der Waals surface area (Å²) >= 11 is 1.47. The van der Waals surface area contributed by atoms with Crippen LogP contribution in [0.4, 0.5) is 10.9 Å². The lowest BCUT2D eigenvalue weighted by molar-refractivity contribution is -0.141. The number of aliphatic hydroxyl groups excluding tert-OH is 1. The maximum absolute atomic E-state index is 14.1. The van der Waals surface area contributed by atoms with Crippen molar-refractivity contribution in [3.8, 4) is 29.2 Å². The number of carbonyl (C=O) groups excluding carboxylic acids is 2. The molecule has 21 heteroatoms. The molecule has 2 aliphatic heterocycles. The van der Waals surface area contributed by atoms with Gasteiger partial charge in [-0.15, -0.1) is 11.3 Å².